The molecule has 0 spiro atoms. The highest BCUT2D eigenvalue weighted by Crippen LogP contribution is 2.23. The molecule has 1 fully saturated rings. The molecule has 0 radical (unpaired) electrons. The van der Waals surface area contributed by atoms with Crippen molar-refractivity contribution in [3.8, 4) is 0 Å². The van der Waals surface area contributed by atoms with E-state index in [0.29, 0.717) is 10.9 Å². The number of fused-ring (bicyclic) bond motifs is 1. The minimum Gasteiger partial charge on any atom is -0.342 e. The monoisotopic (exact) mass is 391 g/mol. The first-order chi connectivity index (χ1) is 12.8. The zero-order chi connectivity index (χ0) is 19.6. The highest BCUT2D eigenvalue weighted by Gasteiger charge is 2.27. The van der Waals surface area contributed by atoms with E-state index in [1.807, 2.05) is 0 Å². The summed E-state index contributed by atoms with van der Waals surface area (Å²) in [6.07, 6.45) is 5.36. The first-order valence-corrected chi connectivity index (χ1v) is 10.6. The van der Waals surface area contributed by atoms with E-state index in [1.165, 1.54) is 31.7 Å². The number of carbonyl (C=O) groups is 1. The van der Waals surface area contributed by atoms with E-state index in [4.69, 9.17) is 0 Å². The number of pyridine rings is 1. The molecule has 0 unspecified atom stereocenters. The van der Waals surface area contributed by atoms with E-state index in [2.05, 4.69) is 4.98 Å². The molecule has 2 aromatic rings. The van der Waals surface area contributed by atoms with Gasteiger partial charge in [0.2, 0.25) is 21.5 Å². The second-order valence-electron chi connectivity index (χ2n) is 7.13. The second kappa shape index (κ2) is 7.82. The van der Waals surface area contributed by atoms with Crippen molar-refractivity contribution in [2.45, 2.75) is 43.0 Å². The largest absolute Gasteiger partial charge is 0.342 e. The van der Waals surface area contributed by atoms with Crippen LogP contribution in [-0.4, -0.2) is 55.2 Å². The molecule has 7 nitrogen and oxygen atoms in total. The lowest BCUT2D eigenvalue weighted by Crippen LogP contribution is -2.44. The summed E-state index contributed by atoms with van der Waals surface area (Å²) in [6, 6.07) is 7.64. The lowest BCUT2D eigenvalue weighted by molar-refractivity contribution is -0.132. The number of sulfonamides is 1. The van der Waals surface area contributed by atoms with Gasteiger partial charge in [0.15, 0.2) is 0 Å². The molecular formula is C19H25N3O4S. The summed E-state index contributed by atoms with van der Waals surface area (Å²) in [4.78, 5) is 28.4. The zero-order valence-corrected chi connectivity index (χ0v) is 16.5. The molecule has 1 N–H and O–H groups in total. The third-order valence-electron chi connectivity index (χ3n) is 5.28. The second-order valence-corrected chi connectivity index (χ2v) is 9.17. The van der Waals surface area contributed by atoms with Gasteiger partial charge in [-0.2, -0.15) is 4.31 Å². The van der Waals surface area contributed by atoms with Crippen LogP contribution in [0, 0.1) is 0 Å². The van der Waals surface area contributed by atoms with Crippen LogP contribution in [-0.2, 0) is 14.8 Å². The quantitative estimate of drug-likeness (QED) is 0.843. The molecule has 1 saturated carbocycles. The number of nitrogens with zero attached hydrogens (tertiary/aromatic N) is 2. The number of H-pyrrole nitrogens is 1. The lowest BCUT2D eigenvalue weighted by atomic mass is 9.94. The fraction of sp³-hybridized carbons (Fsp3) is 0.474. The van der Waals surface area contributed by atoms with Gasteiger partial charge in [0.05, 0.1) is 11.4 Å². The lowest BCUT2D eigenvalue weighted by Gasteiger charge is -2.32. The van der Waals surface area contributed by atoms with Crippen molar-refractivity contribution in [2.24, 2.45) is 0 Å². The molecule has 1 amide bonds. The Morgan fingerprint density at radius 2 is 1.81 bits per heavy atom. The SMILES string of the molecule is CN(C(=O)CN(C)S(=O)(=O)c1ccc2[nH]c(=O)ccc2c1)C1CCCCC1. The van der Waals surface area contributed by atoms with E-state index in [1.54, 1.807) is 24.1 Å². The molecule has 8 heteroatoms. The highest BCUT2D eigenvalue weighted by atomic mass is 32.2. The summed E-state index contributed by atoms with van der Waals surface area (Å²) in [5.74, 6) is -0.196. The zero-order valence-electron chi connectivity index (χ0n) is 15.6. The molecule has 1 aliphatic carbocycles. The maximum Gasteiger partial charge on any atom is 0.248 e. The highest BCUT2D eigenvalue weighted by molar-refractivity contribution is 7.89. The van der Waals surface area contributed by atoms with Crippen LogP contribution in [0.1, 0.15) is 32.1 Å². The summed E-state index contributed by atoms with van der Waals surface area (Å²) in [6.45, 7) is -0.195. The van der Waals surface area contributed by atoms with Crippen molar-refractivity contribution < 1.29 is 13.2 Å². The number of carbonyl (C=O) groups excluding carboxylic acids is 1. The van der Waals surface area contributed by atoms with Crippen LogP contribution in [0.25, 0.3) is 10.9 Å². The van der Waals surface area contributed by atoms with E-state index in [0.717, 1.165) is 30.0 Å². The molecule has 146 valence electrons. The number of hydrogen-bond donors (Lipinski definition) is 1. The molecule has 1 aliphatic rings. The topological polar surface area (TPSA) is 90.6 Å². The minimum absolute atomic E-state index is 0.0951. The number of rotatable bonds is 5. The smallest absolute Gasteiger partial charge is 0.248 e. The maximum atomic E-state index is 12.9. The fourth-order valence-corrected chi connectivity index (χ4v) is 4.69. The van der Waals surface area contributed by atoms with Crippen molar-refractivity contribution in [3.05, 3.63) is 40.7 Å². The Morgan fingerprint density at radius 1 is 1.11 bits per heavy atom. The number of hydrogen-bond acceptors (Lipinski definition) is 4. The Labute approximate surface area is 159 Å². The number of amides is 1. The third kappa shape index (κ3) is 4.22. The summed E-state index contributed by atoms with van der Waals surface area (Å²) in [5, 5.41) is 0.620. The van der Waals surface area contributed by atoms with Crippen LogP contribution in [0.5, 0.6) is 0 Å². The van der Waals surface area contributed by atoms with Gasteiger partial charge < -0.3 is 9.88 Å². The summed E-state index contributed by atoms with van der Waals surface area (Å²) in [5.41, 5.74) is 0.323. The predicted octanol–water partition coefficient (Wildman–Crippen LogP) is 1.94. The predicted molar refractivity (Wildman–Crippen MR) is 104 cm³/mol. The minimum atomic E-state index is -3.81. The Morgan fingerprint density at radius 3 is 2.52 bits per heavy atom. The van der Waals surface area contributed by atoms with Gasteiger partial charge in [-0.25, -0.2) is 8.42 Å². The van der Waals surface area contributed by atoms with Crippen molar-refractivity contribution in [3.63, 3.8) is 0 Å². The molecule has 0 saturated heterocycles. The van der Waals surface area contributed by atoms with Crippen LogP contribution in [0.15, 0.2) is 40.0 Å². The van der Waals surface area contributed by atoms with E-state index in [-0.39, 0.29) is 28.9 Å². The first-order valence-electron chi connectivity index (χ1n) is 9.14. The maximum absolute atomic E-state index is 12.9. The van der Waals surface area contributed by atoms with E-state index in [9.17, 15) is 18.0 Å². The van der Waals surface area contributed by atoms with Crippen LogP contribution < -0.4 is 5.56 Å². The fourth-order valence-electron chi connectivity index (χ4n) is 3.53. The third-order valence-corrected chi connectivity index (χ3v) is 7.08. The Kier molecular flexibility index (Phi) is 5.67. The molecule has 27 heavy (non-hydrogen) atoms. The number of likely N-dealkylation sites (N-methyl/N-ethyl adjacent to an activating group) is 2. The Balaban J connectivity index is 1.76. The van der Waals surface area contributed by atoms with E-state index >= 15 is 0 Å². The summed E-state index contributed by atoms with van der Waals surface area (Å²) < 4.78 is 26.8. The van der Waals surface area contributed by atoms with Crippen molar-refractivity contribution in [1.29, 1.82) is 0 Å². The number of aromatic nitrogens is 1. The van der Waals surface area contributed by atoms with Crippen molar-refractivity contribution >= 4 is 26.8 Å². The molecule has 1 heterocycles. The van der Waals surface area contributed by atoms with Gasteiger partial charge in [0.1, 0.15) is 0 Å². The van der Waals surface area contributed by atoms with Crippen LogP contribution in [0.4, 0.5) is 0 Å². The summed E-state index contributed by atoms with van der Waals surface area (Å²) >= 11 is 0. The summed E-state index contributed by atoms with van der Waals surface area (Å²) in [7, 11) is -0.635. The normalized spacial score (nSPS) is 16.0. The van der Waals surface area contributed by atoms with Crippen LogP contribution in [0.2, 0.25) is 0 Å². The van der Waals surface area contributed by atoms with Gasteiger partial charge in [-0.1, -0.05) is 19.3 Å². The van der Waals surface area contributed by atoms with Gasteiger partial charge in [0.25, 0.3) is 0 Å². The average molecular weight is 391 g/mol. The Hall–Kier alpha value is -2.19. The molecule has 1 aromatic heterocycles. The van der Waals surface area contributed by atoms with Crippen LogP contribution in [0.3, 0.4) is 0 Å². The van der Waals surface area contributed by atoms with Crippen molar-refractivity contribution in [1.82, 2.24) is 14.2 Å². The van der Waals surface area contributed by atoms with E-state index < -0.39 is 10.0 Å². The molecular weight excluding hydrogens is 366 g/mol. The average Bonchev–Trinajstić information content (AvgIpc) is 2.67. The number of nitrogens with one attached hydrogen (secondary N) is 1. The van der Waals surface area contributed by atoms with Gasteiger partial charge in [-0.3, -0.25) is 9.59 Å². The van der Waals surface area contributed by atoms with Crippen molar-refractivity contribution in [2.75, 3.05) is 20.6 Å². The molecule has 0 atom stereocenters. The Bertz CT molecular complexity index is 993. The molecule has 3 rings (SSSR count). The molecule has 1 aromatic carbocycles. The first kappa shape index (κ1) is 19.6. The van der Waals surface area contributed by atoms with Gasteiger partial charge >= 0.3 is 0 Å². The number of benzene rings is 1. The molecule has 0 aliphatic heterocycles. The van der Waals surface area contributed by atoms with Gasteiger partial charge in [-0.15, -0.1) is 0 Å². The standard InChI is InChI=1S/C19H25N3O4S/c1-21(13-19(24)22(2)15-6-4-3-5-7-15)27(25,26)16-9-10-17-14(12-16)8-11-18(23)20-17/h8-12,15H,3-7,13H2,1-2H3,(H,20,23). The van der Waals surface area contributed by atoms with Gasteiger partial charge in [-0.05, 0) is 42.5 Å². The van der Waals surface area contributed by atoms with Gasteiger partial charge in [0, 0.05) is 31.7 Å². The van der Waals surface area contributed by atoms with Crippen LogP contribution >= 0.6 is 0 Å². The number of aromatic amines is 1. The molecule has 0 bridgehead atoms.